The van der Waals surface area contributed by atoms with Gasteiger partial charge in [0.15, 0.2) is 5.96 Å². The summed E-state index contributed by atoms with van der Waals surface area (Å²) >= 11 is 7.63. The zero-order valence-electron chi connectivity index (χ0n) is 16.0. The van der Waals surface area contributed by atoms with Crippen LogP contribution in [0.2, 0.25) is 5.02 Å². The fourth-order valence-electron chi connectivity index (χ4n) is 3.14. The Morgan fingerprint density at radius 3 is 2.59 bits per heavy atom. The highest BCUT2D eigenvalue weighted by Gasteiger charge is 2.26. The first-order valence-corrected chi connectivity index (χ1v) is 10.7. The van der Waals surface area contributed by atoms with Crippen molar-refractivity contribution in [2.75, 3.05) is 11.6 Å². The van der Waals surface area contributed by atoms with E-state index in [1.165, 1.54) is 6.07 Å². The highest BCUT2D eigenvalue weighted by atomic mass is 35.5. The van der Waals surface area contributed by atoms with E-state index >= 15 is 0 Å². The molecule has 0 saturated heterocycles. The second-order valence-corrected chi connectivity index (χ2v) is 7.98. The summed E-state index contributed by atoms with van der Waals surface area (Å²) in [4.78, 5) is 23.0. The van der Waals surface area contributed by atoms with E-state index in [2.05, 4.69) is 20.6 Å². The third kappa shape index (κ3) is 4.31. The maximum absolute atomic E-state index is 12.7. The Kier molecular flexibility index (Phi) is 5.60. The smallest absolute Gasteiger partial charge is 0.257 e. The standard InChI is InChI=1S/C21H20ClN5OS/c1-13-11-18(28)27-19(15-5-9-17(29-2)10-6-15)25-20(26-21(27)24-13)23-12-14-3-7-16(22)8-4-14/h3-11,19H,12H2,1-2H3,(H2,23,24,25,26). The number of aromatic nitrogens is 2. The number of thioether (sulfide) groups is 1. The summed E-state index contributed by atoms with van der Waals surface area (Å²) in [6.45, 7) is 2.28. The number of hydrogen-bond donors (Lipinski definition) is 2. The number of benzene rings is 2. The van der Waals surface area contributed by atoms with E-state index in [0.29, 0.717) is 29.2 Å². The van der Waals surface area contributed by atoms with Crippen LogP contribution >= 0.6 is 23.4 Å². The minimum Gasteiger partial charge on any atom is -0.331 e. The SMILES string of the molecule is CSc1ccc(C2NC(=NCc3ccc(Cl)cc3)Nc3nc(C)cc(=O)n32)cc1. The molecule has 0 saturated carbocycles. The molecule has 29 heavy (non-hydrogen) atoms. The zero-order valence-corrected chi connectivity index (χ0v) is 17.6. The number of rotatable bonds is 4. The van der Waals surface area contributed by atoms with Crippen molar-refractivity contribution in [1.29, 1.82) is 0 Å². The lowest BCUT2D eigenvalue weighted by atomic mass is 10.1. The number of guanidine groups is 1. The molecule has 0 aliphatic carbocycles. The molecule has 1 aromatic heterocycles. The van der Waals surface area contributed by atoms with Crippen LogP contribution in [0.4, 0.5) is 5.95 Å². The average molecular weight is 426 g/mol. The lowest BCUT2D eigenvalue weighted by molar-refractivity contribution is 0.514. The maximum atomic E-state index is 12.7. The fraction of sp³-hybridized carbons (Fsp3) is 0.190. The first-order valence-electron chi connectivity index (χ1n) is 9.10. The Morgan fingerprint density at radius 2 is 1.90 bits per heavy atom. The van der Waals surface area contributed by atoms with Gasteiger partial charge in [-0.2, -0.15) is 0 Å². The van der Waals surface area contributed by atoms with Crippen molar-refractivity contribution in [2.24, 2.45) is 4.99 Å². The van der Waals surface area contributed by atoms with Crippen LogP contribution in [-0.4, -0.2) is 21.8 Å². The van der Waals surface area contributed by atoms with Crippen molar-refractivity contribution >= 4 is 35.3 Å². The van der Waals surface area contributed by atoms with Gasteiger partial charge < -0.3 is 5.32 Å². The Bertz CT molecular complexity index is 1110. The first kappa shape index (κ1) is 19.5. The van der Waals surface area contributed by atoms with E-state index in [1.807, 2.05) is 54.8 Å². The van der Waals surface area contributed by atoms with Gasteiger partial charge in [0.2, 0.25) is 5.95 Å². The number of fused-ring (bicyclic) bond motifs is 1. The van der Waals surface area contributed by atoms with Crippen LogP contribution in [0.25, 0.3) is 0 Å². The van der Waals surface area contributed by atoms with E-state index < -0.39 is 6.17 Å². The zero-order chi connectivity index (χ0) is 20.4. The van der Waals surface area contributed by atoms with E-state index in [0.717, 1.165) is 16.0 Å². The number of aliphatic imine (C=N–C) groups is 1. The minimum absolute atomic E-state index is 0.122. The molecule has 3 aromatic rings. The van der Waals surface area contributed by atoms with E-state index in [4.69, 9.17) is 11.6 Å². The molecule has 6 nitrogen and oxygen atoms in total. The summed E-state index contributed by atoms with van der Waals surface area (Å²) in [6, 6.07) is 17.2. The fourth-order valence-corrected chi connectivity index (χ4v) is 3.68. The molecule has 1 aliphatic rings. The van der Waals surface area contributed by atoms with Crippen LogP contribution in [0.15, 0.2) is 69.3 Å². The van der Waals surface area contributed by atoms with Crippen molar-refractivity contribution in [3.8, 4) is 0 Å². The van der Waals surface area contributed by atoms with Gasteiger partial charge in [-0.05, 0) is 48.6 Å². The monoisotopic (exact) mass is 425 g/mol. The lowest BCUT2D eigenvalue weighted by Crippen LogP contribution is -2.48. The number of hydrogen-bond acceptors (Lipinski definition) is 4. The molecule has 1 aliphatic heterocycles. The molecule has 0 amide bonds. The van der Waals surface area contributed by atoms with Crippen molar-refractivity contribution in [2.45, 2.75) is 24.5 Å². The summed E-state index contributed by atoms with van der Waals surface area (Å²) in [5.74, 6) is 1.04. The van der Waals surface area contributed by atoms with Crippen LogP contribution in [0.3, 0.4) is 0 Å². The third-order valence-corrected chi connectivity index (χ3v) is 5.60. The van der Waals surface area contributed by atoms with Crippen molar-refractivity contribution in [1.82, 2.24) is 14.9 Å². The number of nitrogens with one attached hydrogen (secondary N) is 2. The van der Waals surface area contributed by atoms with E-state index in [-0.39, 0.29) is 5.56 Å². The summed E-state index contributed by atoms with van der Waals surface area (Å²) in [6.07, 6.45) is 1.64. The summed E-state index contributed by atoms with van der Waals surface area (Å²) in [7, 11) is 0. The van der Waals surface area contributed by atoms with Crippen LogP contribution < -0.4 is 16.2 Å². The number of anilines is 1. The Morgan fingerprint density at radius 1 is 1.17 bits per heavy atom. The van der Waals surface area contributed by atoms with Gasteiger partial charge >= 0.3 is 0 Å². The molecular weight excluding hydrogens is 406 g/mol. The number of nitrogens with zero attached hydrogens (tertiary/aromatic N) is 3. The summed E-state index contributed by atoms with van der Waals surface area (Å²) in [5, 5.41) is 7.17. The van der Waals surface area contributed by atoms with E-state index in [9.17, 15) is 4.79 Å². The molecule has 0 radical (unpaired) electrons. The van der Waals surface area contributed by atoms with Gasteiger partial charge in [-0.1, -0.05) is 35.9 Å². The number of halogens is 1. The highest BCUT2D eigenvalue weighted by molar-refractivity contribution is 7.98. The predicted octanol–water partition coefficient (Wildman–Crippen LogP) is 4.05. The van der Waals surface area contributed by atoms with Gasteiger partial charge in [0.1, 0.15) is 6.17 Å². The van der Waals surface area contributed by atoms with Crippen molar-refractivity contribution in [3.63, 3.8) is 0 Å². The molecule has 1 unspecified atom stereocenters. The molecule has 4 rings (SSSR count). The highest BCUT2D eigenvalue weighted by Crippen LogP contribution is 2.24. The molecular formula is C21H20ClN5OS. The maximum Gasteiger partial charge on any atom is 0.257 e. The molecule has 1 atom stereocenters. The predicted molar refractivity (Wildman–Crippen MR) is 119 cm³/mol. The molecule has 2 aromatic carbocycles. The Hall–Kier alpha value is -2.77. The van der Waals surface area contributed by atoms with Gasteiger partial charge in [-0.25, -0.2) is 9.98 Å². The topological polar surface area (TPSA) is 71.3 Å². The summed E-state index contributed by atoms with van der Waals surface area (Å²) < 4.78 is 1.61. The summed E-state index contributed by atoms with van der Waals surface area (Å²) in [5.41, 5.74) is 2.52. The molecule has 8 heteroatoms. The molecule has 0 fully saturated rings. The van der Waals surface area contributed by atoms with Gasteiger partial charge in [-0.3, -0.25) is 14.7 Å². The molecule has 0 spiro atoms. The van der Waals surface area contributed by atoms with Crippen LogP contribution in [-0.2, 0) is 6.54 Å². The molecule has 0 bridgehead atoms. The minimum atomic E-state index is -0.397. The molecule has 2 N–H and O–H groups in total. The lowest BCUT2D eigenvalue weighted by Gasteiger charge is -2.31. The van der Waals surface area contributed by atoms with Gasteiger partial charge in [0.05, 0.1) is 6.54 Å². The third-order valence-electron chi connectivity index (χ3n) is 4.61. The van der Waals surface area contributed by atoms with Gasteiger partial charge in [0, 0.05) is 21.7 Å². The number of aryl methyl sites for hydroxylation is 1. The van der Waals surface area contributed by atoms with Crippen LogP contribution in [0.5, 0.6) is 0 Å². The van der Waals surface area contributed by atoms with Crippen LogP contribution in [0.1, 0.15) is 23.0 Å². The quantitative estimate of drug-likeness (QED) is 0.617. The molecule has 148 valence electrons. The second-order valence-electron chi connectivity index (χ2n) is 6.67. The van der Waals surface area contributed by atoms with Crippen LogP contribution in [0, 0.1) is 6.92 Å². The molecule has 2 heterocycles. The van der Waals surface area contributed by atoms with Gasteiger partial charge in [-0.15, -0.1) is 11.8 Å². The van der Waals surface area contributed by atoms with Crippen molar-refractivity contribution < 1.29 is 0 Å². The Balaban J connectivity index is 1.70. The van der Waals surface area contributed by atoms with Crippen molar-refractivity contribution in [3.05, 3.63) is 86.8 Å². The first-order chi connectivity index (χ1) is 14.0. The second kappa shape index (κ2) is 8.31. The van der Waals surface area contributed by atoms with Gasteiger partial charge in [0.25, 0.3) is 5.56 Å². The average Bonchev–Trinajstić information content (AvgIpc) is 2.72. The largest absolute Gasteiger partial charge is 0.331 e. The Labute approximate surface area is 178 Å². The normalized spacial score (nSPS) is 16.8. The van der Waals surface area contributed by atoms with E-state index in [1.54, 1.807) is 23.3 Å².